The molecule has 0 amide bonds. The summed E-state index contributed by atoms with van der Waals surface area (Å²) in [5, 5.41) is 3.62. The highest BCUT2D eigenvalue weighted by Gasteiger charge is 2.13. The van der Waals surface area contributed by atoms with Crippen molar-refractivity contribution in [1.82, 2.24) is 5.32 Å². The number of aryl methyl sites for hydroxylation is 1. The van der Waals surface area contributed by atoms with Gasteiger partial charge in [-0.1, -0.05) is 17.7 Å². The van der Waals surface area contributed by atoms with Gasteiger partial charge in [-0.25, -0.2) is 0 Å². The van der Waals surface area contributed by atoms with Crippen molar-refractivity contribution in [2.75, 3.05) is 23.8 Å². The molecule has 1 saturated heterocycles. The Morgan fingerprint density at radius 2 is 2.19 bits per heavy atom. The van der Waals surface area contributed by atoms with Crippen molar-refractivity contribution >= 4 is 23.5 Å². The van der Waals surface area contributed by atoms with E-state index in [9.17, 15) is 0 Å². The second kappa shape index (κ2) is 6.58. The lowest BCUT2D eigenvalue weighted by molar-refractivity contribution is 0.581. The van der Waals surface area contributed by atoms with Crippen molar-refractivity contribution in [3.8, 4) is 0 Å². The maximum Gasteiger partial charge on any atom is 0.0166 e. The zero-order valence-corrected chi connectivity index (χ0v) is 11.4. The largest absolute Gasteiger partial charge is 0.312 e. The SMILES string of the molecule is Cc1ccc(SCCNC2CCSC2)cc1. The molecule has 1 unspecified atom stereocenters. The van der Waals surface area contributed by atoms with E-state index in [2.05, 4.69) is 48.3 Å². The molecule has 0 bridgehead atoms. The van der Waals surface area contributed by atoms with Gasteiger partial charge in [0.25, 0.3) is 0 Å². The Morgan fingerprint density at radius 3 is 2.88 bits per heavy atom. The fourth-order valence-electron chi connectivity index (χ4n) is 1.76. The Hall–Kier alpha value is -0.120. The molecule has 2 rings (SSSR count). The van der Waals surface area contributed by atoms with Crippen molar-refractivity contribution in [2.24, 2.45) is 0 Å². The molecule has 1 aliphatic heterocycles. The van der Waals surface area contributed by atoms with Crippen LogP contribution in [0.25, 0.3) is 0 Å². The Bertz CT molecular complexity index is 304. The molecule has 1 heterocycles. The van der Waals surface area contributed by atoms with Gasteiger partial charge < -0.3 is 5.32 Å². The van der Waals surface area contributed by atoms with Crippen LogP contribution >= 0.6 is 23.5 Å². The molecule has 88 valence electrons. The highest BCUT2D eigenvalue weighted by atomic mass is 32.2. The summed E-state index contributed by atoms with van der Waals surface area (Å²) >= 11 is 4.01. The predicted octanol–water partition coefficient (Wildman–Crippen LogP) is 3.18. The molecule has 1 atom stereocenters. The average Bonchev–Trinajstić information content (AvgIpc) is 2.80. The topological polar surface area (TPSA) is 12.0 Å². The molecule has 1 aromatic rings. The van der Waals surface area contributed by atoms with Crippen LogP contribution in [0.3, 0.4) is 0 Å². The van der Waals surface area contributed by atoms with E-state index in [1.807, 2.05) is 11.8 Å². The van der Waals surface area contributed by atoms with Crippen LogP contribution < -0.4 is 5.32 Å². The van der Waals surface area contributed by atoms with Crippen molar-refractivity contribution in [1.29, 1.82) is 0 Å². The zero-order valence-electron chi connectivity index (χ0n) is 9.74. The summed E-state index contributed by atoms with van der Waals surface area (Å²) in [6, 6.07) is 9.56. The number of nitrogens with one attached hydrogen (secondary N) is 1. The van der Waals surface area contributed by atoms with Crippen molar-refractivity contribution < 1.29 is 0 Å². The van der Waals surface area contributed by atoms with Crippen molar-refractivity contribution in [3.63, 3.8) is 0 Å². The summed E-state index contributed by atoms with van der Waals surface area (Å²) in [5.41, 5.74) is 1.34. The number of benzene rings is 1. The second-order valence-electron chi connectivity index (χ2n) is 4.18. The molecule has 1 aliphatic rings. The molecule has 1 aromatic carbocycles. The van der Waals surface area contributed by atoms with Gasteiger partial charge in [0.05, 0.1) is 0 Å². The molecule has 1 fully saturated rings. The lowest BCUT2D eigenvalue weighted by atomic mass is 10.2. The summed E-state index contributed by atoms with van der Waals surface area (Å²) in [6.45, 7) is 3.26. The van der Waals surface area contributed by atoms with Crippen LogP contribution in [-0.2, 0) is 0 Å². The number of hydrogen-bond acceptors (Lipinski definition) is 3. The van der Waals surface area contributed by atoms with E-state index in [1.165, 1.54) is 34.1 Å². The van der Waals surface area contributed by atoms with Crippen LogP contribution in [-0.4, -0.2) is 29.8 Å². The molecule has 0 aliphatic carbocycles. The fourth-order valence-corrected chi connectivity index (χ4v) is 3.73. The average molecular weight is 253 g/mol. The molecular formula is C13H19NS2. The smallest absolute Gasteiger partial charge is 0.0166 e. The molecule has 0 spiro atoms. The van der Waals surface area contributed by atoms with Gasteiger partial charge in [-0.05, 0) is 31.2 Å². The van der Waals surface area contributed by atoms with Crippen LogP contribution in [0, 0.1) is 6.92 Å². The minimum atomic E-state index is 0.767. The summed E-state index contributed by atoms with van der Waals surface area (Å²) in [4.78, 5) is 1.38. The number of thioether (sulfide) groups is 2. The lowest BCUT2D eigenvalue weighted by Crippen LogP contribution is -2.30. The molecular weight excluding hydrogens is 234 g/mol. The zero-order chi connectivity index (χ0) is 11.2. The third-order valence-corrected chi connectivity index (χ3v) is 4.93. The lowest BCUT2D eigenvalue weighted by Gasteiger charge is -2.10. The summed E-state index contributed by atoms with van der Waals surface area (Å²) in [5.74, 6) is 3.81. The first kappa shape index (κ1) is 12.3. The predicted molar refractivity (Wildman–Crippen MR) is 75.6 cm³/mol. The third-order valence-electron chi connectivity index (χ3n) is 2.75. The molecule has 0 radical (unpaired) electrons. The molecule has 3 heteroatoms. The highest BCUT2D eigenvalue weighted by Crippen LogP contribution is 2.19. The van der Waals surface area contributed by atoms with E-state index in [-0.39, 0.29) is 0 Å². The quantitative estimate of drug-likeness (QED) is 0.639. The van der Waals surface area contributed by atoms with Gasteiger partial charge >= 0.3 is 0 Å². The van der Waals surface area contributed by atoms with E-state index in [0.717, 1.165) is 12.6 Å². The van der Waals surface area contributed by atoms with Crippen molar-refractivity contribution in [3.05, 3.63) is 29.8 Å². The van der Waals surface area contributed by atoms with Crippen LogP contribution in [0.4, 0.5) is 0 Å². The Balaban J connectivity index is 1.62. The monoisotopic (exact) mass is 253 g/mol. The van der Waals surface area contributed by atoms with Gasteiger partial charge in [0.15, 0.2) is 0 Å². The van der Waals surface area contributed by atoms with Crippen LogP contribution in [0.1, 0.15) is 12.0 Å². The van der Waals surface area contributed by atoms with Gasteiger partial charge in [-0.2, -0.15) is 11.8 Å². The first-order chi connectivity index (χ1) is 7.84. The van der Waals surface area contributed by atoms with Gasteiger partial charge in [0.1, 0.15) is 0 Å². The second-order valence-corrected chi connectivity index (χ2v) is 6.49. The summed E-state index contributed by atoms with van der Waals surface area (Å²) < 4.78 is 0. The molecule has 0 saturated carbocycles. The van der Waals surface area contributed by atoms with E-state index in [4.69, 9.17) is 0 Å². The molecule has 0 aromatic heterocycles. The van der Waals surface area contributed by atoms with Gasteiger partial charge in [-0.15, -0.1) is 11.8 Å². The highest BCUT2D eigenvalue weighted by molar-refractivity contribution is 7.99. The third kappa shape index (κ3) is 4.04. The van der Waals surface area contributed by atoms with Crippen LogP contribution in [0.15, 0.2) is 29.2 Å². The van der Waals surface area contributed by atoms with Crippen LogP contribution in [0.5, 0.6) is 0 Å². The van der Waals surface area contributed by atoms with E-state index >= 15 is 0 Å². The van der Waals surface area contributed by atoms with Gasteiger partial charge in [0, 0.05) is 29.0 Å². The van der Waals surface area contributed by atoms with Gasteiger partial charge in [-0.3, -0.25) is 0 Å². The standard InChI is InChI=1S/C13H19NS2/c1-11-2-4-13(5-3-11)16-9-7-14-12-6-8-15-10-12/h2-5,12,14H,6-10H2,1H3. The Morgan fingerprint density at radius 1 is 1.38 bits per heavy atom. The summed E-state index contributed by atoms with van der Waals surface area (Å²) in [7, 11) is 0. The van der Waals surface area contributed by atoms with E-state index in [0.29, 0.717) is 0 Å². The fraction of sp³-hybridized carbons (Fsp3) is 0.538. The molecule has 1 nitrogen and oxygen atoms in total. The minimum Gasteiger partial charge on any atom is -0.312 e. The number of rotatable bonds is 5. The van der Waals surface area contributed by atoms with Gasteiger partial charge in [0.2, 0.25) is 0 Å². The van der Waals surface area contributed by atoms with E-state index < -0.39 is 0 Å². The minimum absolute atomic E-state index is 0.767. The van der Waals surface area contributed by atoms with E-state index in [1.54, 1.807) is 0 Å². The first-order valence-electron chi connectivity index (χ1n) is 5.85. The molecule has 1 N–H and O–H groups in total. The first-order valence-corrected chi connectivity index (χ1v) is 7.99. The van der Waals surface area contributed by atoms with Crippen LogP contribution in [0.2, 0.25) is 0 Å². The Kier molecular flexibility index (Phi) is 5.07. The maximum atomic E-state index is 3.62. The van der Waals surface area contributed by atoms with Crippen molar-refractivity contribution in [2.45, 2.75) is 24.3 Å². The maximum absolute atomic E-state index is 3.62. The normalized spacial score (nSPS) is 20.2. The Labute approximate surface area is 107 Å². The molecule has 16 heavy (non-hydrogen) atoms. The summed E-state index contributed by atoms with van der Waals surface area (Å²) in [6.07, 6.45) is 1.35. The number of hydrogen-bond donors (Lipinski definition) is 1.